The van der Waals surface area contributed by atoms with Crippen LogP contribution >= 0.6 is 11.3 Å². The van der Waals surface area contributed by atoms with Gasteiger partial charge in [-0.3, -0.25) is 9.59 Å². The van der Waals surface area contributed by atoms with E-state index in [-0.39, 0.29) is 23.8 Å². The smallest absolute Gasteiger partial charge is 0.243 e. The van der Waals surface area contributed by atoms with Gasteiger partial charge in [-0.05, 0) is 29.5 Å². The highest BCUT2D eigenvalue weighted by Crippen LogP contribution is 2.27. The molecule has 1 aromatic heterocycles. The van der Waals surface area contributed by atoms with Crippen LogP contribution in [0.3, 0.4) is 0 Å². The SMILES string of the molecule is CC[C@H](C)[C@@H](CN)NC(=O)[C@H](Cc1nc2ccc(C(C)C)cc2s1)NC(C)=O. The summed E-state index contributed by atoms with van der Waals surface area (Å²) in [6.07, 6.45) is 1.28. The Morgan fingerprint density at radius 2 is 1.93 bits per heavy atom. The maximum atomic E-state index is 12.8. The Bertz CT molecular complexity index is 818. The van der Waals surface area contributed by atoms with Crippen LogP contribution in [0.2, 0.25) is 0 Å². The van der Waals surface area contributed by atoms with Gasteiger partial charge in [0.2, 0.25) is 11.8 Å². The quantitative estimate of drug-likeness (QED) is 0.598. The second kappa shape index (κ2) is 9.98. The van der Waals surface area contributed by atoms with Crippen molar-refractivity contribution in [3.05, 3.63) is 28.8 Å². The molecule has 28 heavy (non-hydrogen) atoms. The molecule has 0 radical (unpaired) electrons. The Hall–Kier alpha value is -1.99. The minimum absolute atomic E-state index is 0.113. The summed E-state index contributed by atoms with van der Waals surface area (Å²) in [4.78, 5) is 29.1. The van der Waals surface area contributed by atoms with Crippen LogP contribution in [0.1, 0.15) is 57.5 Å². The van der Waals surface area contributed by atoms with Crippen molar-refractivity contribution in [1.29, 1.82) is 0 Å². The van der Waals surface area contributed by atoms with Crippen LogP contribution in [-0.2, 0) is 16.0 Å². The number of rotatable bonds is 9. The number of thiazole rings is 1. The molecule has 2 amide bonds. The molecule has 0 aliphatic heterocycles. The van der Waals surface area contributed by atoms with Crippen LogP contribution in [0.4, 0.5) is 0 Å². The van der Waals surface area contributed by atoms with Gasteiger partial charge in [0.05, 0.1) is 15.2 Å². The molecular formula is C21H32N4O2S. The molecule has 0 unspecified atom stereocenters. The minimum Gasteiger partial charge on any atom is -0.350 e. The number of fused-ring (bicyclic) bond motifs is 1. The molecule has 0 aliphatic rings. The number of nitrogens with two attached hydrogens (primary N) is 1. The van der Waals surface area contributed by atoms with E-state index in [1.165, 1.54) is 12.5 Å². The number of carbonyl (C=O) groups excluding carboxylic acids is 2. The lowest BCUT2D eigenvalue weighted by molar-refractivity contribution is -0.128. The fraction of sp³-hybridized carbons (Fsp3) is 0.571. The first-order chi connectivity index (χ1) is 13.2. The van der Waals surface area contributed by atoms with Gasteiger partial charge in [-0.25, -0.2) is 4.98 Å². The molecule has 2 aromatic rings. The topological polar surface area (TPSA) is 97.1 Å². The second-order valence-electron chi connectivity index (χ2n) is 7.68. The van der Waals surface area contributed by atoms with Gasteiger partial charge in [0.1, 0.15) is 6.04 Å². The van der Waals surface area contributed by atoms with E-state index in [1.807, 2.05) is 6.07 Å². The molecule has 0 aliphatic carbocycles. The van der Waals surface area contributed by atoms with Gasteiger partial charge in [0.15, 0.2) is 0 Å². The van der Waals surface area contributed by atoms with Crippen LogP contribution in [0.15, 0.2) is 18.2 Å². The number of aromatic nitrogens is 1. The highest BCUT2D eigenvalue weighted by Gasteiger charge is 2.25. The molecule has 154 valence electrons. The molecule has 6 nitrogen and oxygen atoms in total. The highest BCUT2D eigenvalue weighted by molar-refractivity contribution is 7.18. The van der Waals surface area contributed by atoms with E-state index in [4.69, 9.17) is 5.73 Å². The van der Waals surface area contributed by atoms with E-state index in [0.717, 1.165) is 21.6 Å². The van der Waals surface area contributed by atoms with Crippen LogP contribution in [0.25, 0.3) is 10.2 Å². The monoisotopic (exact) mass is 404 g/mol. The summed E-state index contributed by atoms with van der Waals surface area (Å²) in [5.74, 6) is 0.259. The van der Waals surface area contributed by atoms with Crippen molar-refractivity contribution in [2.24, 2.45) is 11.7 Å². The number of hydrogen-bond donors (Lipinski definition) is 3. The standard InChI is InChI=1S/C21H32N4O2S/c1-6-13(4)18(11-22)25-21(27)17(23-14(5)26)10-20-24-16-8-7-15(12(2)3)9-19(16)28-20/h7-9,12-13,17-18H,6,10-11,22H2,1-5H3,(H,23,26)(H,25,27)/t13-,17-,18+/m0/s1. The number of carbonyl (C=O) groups is 2. The molecule has 0 spiro atoms. The summed E-state index contributed by atoms with van der Waals surface area (Å²) >= 11 is 1.57. The van der Waals surface area contributed by atoms with Gasteiger partial charge in [-0.1, -0.05) is 40.2 Å². The van der Waals surface area contributed by atoms with Crippen molar-refractivity contribution in [3.8, 4) is 0 Å². The Labute approximate surface area is 171 Å². The molecule has 0 fully saturated rings. The Morgan fingerprint density at radius 1 is 1.21 bits per heavy atom. The van der Waals surface area contributed by atoms with E-state index >= 15 is 0 Å². The minimum atomic E-state index is -0.666. The van der Waals surface area contributed by atoms with E-state index < -0.39 is 6.04 Å². The lowest BCUT2D eigenvalue weighted by Gasteiger charge is -2.25. The van der Waals surface area contributed by atoms with Gasteiger partial charge >= 0.3 is 0 Å². The van der Waals surface area contributed by atoms with Crippen LogP contribution < -0.4 is 16.4 Å². The zero-order valence-corrected chi connectivity index (χ0v) is 18.2. The molecule has 4 N–H and O–H groups in total. The van der Waals surface area contributed by atoms with Crippen molar-refractivity contribution >= 4 is 33.4 Å². The summed E-state index contributed by atoms with van der Waals surface area (Å²) in [6.45, 7) is 10.2. The number of nitrogens with one attached hydrogen (secondary N) is 2. The van der Waals surface area contributed by atoms with Gasteiger partial charge in [0.25, 0.3) is 0 Å². The molecule has 3 atom stereocenters. The fourth-order valence-electron chi connectivity index (χ4n) is 3.07. The van der Waals surface area contributed by atoms with Crippen LogP contribution in [0.5, 0.6) is 0 Å². The lowest BCUT2D eigenvalue weighted by atomic mass is 9.98. The van der Waals surface area contributed by atoms with Crippen molar-refractivity contribution in [2.75, 3.05) is 6.54 Å². The second-order valence-corrected chi connectivity index (χ2v) is 8.80. The van der Waals surface area contributed by atoms with Crippen molar-refractivity contribution in [2.45, 2.75) is 65.5 Å². The third-order valence-corrected chi connectivity index (χ3v) is 6.15. The van der Waals surface area contributed by atoms with E-state index in [0.29, 0.717) is 18.9 Å². The van der Waals surface area contributed by atoms with E-state index in [9.17, 15) is 9.59 Å². The van der Waals surface area contributed by atoms with Gasteiger partial charge in [0, 0.05) is 25.9 Å². The largest absolute Gasteiger partial charge is 0.350 e. The average molecular weight is 405 g/mol. The summed E-state index contributed by atoms with van der Waals surface area (Å²) in [7, 11) is 0. The molecule has 1 heterocycles. The third kappa shape index (κ3) is 5.75. The number of hydrogen-bond acceptors (Lipinski definition) is 5. The van der Waals surface area contributed by atoms with Gasteiger partial charge < -0.3 is 16.4 Å². The van der Waals surface area contributed by atoms with Crippen LogP contribution in [-0.4, -0.2) is 35.4 Å². The predicted molar refractivity (Wildman–Crippen MR) is 115 cm³/mol. The van der Waals surface area contributed by atoms with E-state index in [1.54, 1.807) is 11.3 Å². The zero-order valence-electron chi connectivity index (χ0n) is 17.4. The molecule has 7 heteroatoms. The number of amides is 2. The van der Waals surface area contributed by atoms with Crippen molar-refractivity contribution < 1.29 is 9.59 Å². The molecular weight excluding hydrogens is 372 g/mol. The fourth-order valence-corrected chi connectivity index (χ4v) is 4.13. The van der Waals surface area contributed by atoms with Crippen LogP contribution in [0, 0.1) is 5.92 Å². The third-order valence-electron chi connectivity index (χ3n) is 5.11. The Morgan fingerprint density at radius 3 is 2.50 bits per heavy atom. The molecule has 0 saturated heterocycles. The van der Waals surface area contributed by atoms with E-state index in [2.05, 4.69) is 55.4 Å². The molecule has 0 saturated carbocycles. The normalized spacial score (nSPS) is 14.7. The molecule has 0 bridgehead atoms. The number of benzene rings is 1. The van der Waals surface area contributed by atoms with Crippen molar-refractivity contribution in [3.63, 3.8) is 0 Å². The number of nitrogens with zero attached hydrogens (tertiary/aromatic N) is 1. The van der Waals surface area contributed by atoms with Gasteiger partial charge in [-0.15, -0.1) is 11.3 Å². The zero-order chi connectivity index (χ0) is 20.8. The average Bonchev–Trinajstić information content (AvgIpc) is 3.05. The highest BCUT2D eigenvalue weighted by atomic mass is 32.1. The summed E-state index contributed by atoms with van der Waals surface area (Å²) in [6, 6.07) is 5.48. The lowest BCUT2D eigenvalue weighted by Crippen LogP contribution is -2.53. The summed E-state index contributed by atoms with van der Waals surface area (Å²) in [5, 5.41) is 6.59. The summed E-state index contributed by atoms with van der Waals surface area (Å²) in [5.41, 5.74) is 8.01. The molecule has 1 aromatic carbocycles. The molecule has 2 rings (SSSR count). The Balaban J connectivity index is 2.20. The maximum absolute atomic E-state index is 12.8. The maximum Gasteiger partial charge on any atom is 0.243 e. The first-order valence-electron chi connectivity index (χ1n) is 9.92. The predicted octanol–water partition coefficient (Wildman–Crippen LogP) is 2.96. The summed E-state index contributed by atoms with van der Waals surface area (Å²) < 4.78 is 1.10. The Kier molecular flexibility index (Phi) is 7.95. The van der Waals surface area contributed by atoms with Gasteiger partial charge in [-0.2, -0.15) is 0 Å². The first kappa shape index (κ1) is 22.3. The first-order valence-corrected chi connectivity index (χ1v) is 10.7. The van der Waals surface area contributed by atoms with Crippen molar-refractivity contribution in [1.82, 2.24) is 15.6 Å².